The Balaban J connectivity index is 2.01. The second-order valence-corrected chi connectivity index (χ2v) is 6.30. The fourth-order valence-corrected chi connectivity index (χ4v) is 2.73. The lowest BCUT2D eigenvalue weighted by Crippen LogP contribution is -2.24. The third-order valence-electron chi connectivity index (χ3n) is 3.51. The van der Waals surface area contributed by atoms with Gasteiger partial charge in [0.15, 0.2) is 5.78 Å². The van der Waals surface area contributed by atoms with Crippen molar-refractivity contribution in [1.82, 2.24) is 4.90 Å². The summed E-state index contributed by atoms with van der Waals surface area (Å²) in [5.41, 5.74) is 0.934. The summed E-state index contributed by atoms with van der Waals surface area (Å²) in [6.45, 7) is 2.53. The molecule has 0 aliphatic carbocycles. The molecule has 0 radical (unpaired) electrons. The first-order valence-corrected chi connectivity index (χ1v) is 8.55. The van der Waals surface area contributed by atoms with Crippen LogP contribution in [0.5, 0.6) is 0 Å². The molecule has 1 aliphatic heterocycles. The lowest BCUT2D eigenvalue weighted by atomic mass is 10.1. The summed E-state index contributed by atoms with van der Waals surface area (Å²) in [5, 5.41) is 0.795. The van der Waals surface area contributed by atoms with Crippen LogP contribution < -0.4 is 0 Å². The highest BCUT2D eigenvalue weighted by Gasteiger charge is 2.18. The Kier molecular flexibility index (Phi) is 6.88. The number of benzene rings is 1. The topological polar surface area (TPSA) is 46.6 Å². The highest BCUT2D eigenvalue weighted by molar-refractivity contribution is 6.36. The van der Waals surface area contributed by atoms with E-state index in [1.54, 1.807) is 29.4 Å². The molecule has 0 fully saturated rings. The highest BCUT2D eigenvalue weighted by atomic mass is 35.5. The maximum atomic E-state index is 12.4. The number of hydrogen-bond donors (Lipinski definition) is 0. The van der Waals surface area contributed by atoms with E-state index in [1.807, 2.05) is 13.0 Å². The molecule has 1 aromatic carbocycles. The van der Waals surface area contributed by atoms with Gasteiger partial charge in [0.05, 0.1) is 23.7 Å². The van der Waals surface area contributed by atoms with Gasteiger partial charge >= 0.3 is 5.97 Å². The van der Waals surface area contributed by atoms with Gasteiger partial charge in [-0.2, -0.15) is 0 Å². The molecule has 1 aromatic rings. The largest absolute Gasteiger partial charge is 0.462 e. The number of halogens is 2. The lowest BCUT2D eigenvalue weighted by molar-refractivity contribution is -0.139. The summed E-state index contributed by atoms with van der Waals surface area (Å²) in [4.78, 5) is 26.0. The van der Waals surface area contributed by atoms with Gasteiger partial charge in [-0.1, -0.05) is 42.6 Å². The zero-order valence-electron chi connectivity index (χ0n) is 13.4. The number of unbranched alkanes of at least 4 members (excludes halogenated alkanes) is 1. The van der Waals surface area contributed by atoms with E-state index in [0.29, 0.717) is 34.2 Å². The molecule has 0 amide bonds. The van der Waals surface area contributed by atoms with Gasteiger partial charge in [0.25, 0.3) is 0 Å². The second-order valence-electron chi connectivity index (χ2n) is 5.45. The Bertz CT molecular complexity index is 683. The van der Waals surface area contributed by atoms with Crippen molar-refractivity contribution in [1.29, 1.82) is 0 Å². The first kappa shape index (κ1) is 18.6. The van der Waals surface area contributed by atoms with Gasteiger partial charge in [-0.3, -0.25) is 4.79 Å². The van der Waals surface area contributed by atoms with E-state index in [0.717, 1.165) is 12.8 Å². The van der Waals surface area contributed by atoms with Crippen LogP contribution in [0.4, 0.5) is 0 Å². The van der Waals surface area contributed by atoms with Crippen molar-refractivity contribution in [3.05, 3.63) is 57.9 Å². The van der Waals surface area contributed by atoms with Crippen LogP contribution in [0.25, 0.3) is 0 Å². The summed E-state index contributed by atoms with van der Waals surface area (Å²) in [7, 11) is 0. The van der Waals surface area contributed by atoms with Crippen LogP contribution in [0.3, 0.4) is 0 Å². The van der Waals surface area contributed by atoms with E-state index in [1.165, 1.54) is 6.07 Å². The number of rotatable bonds is 7. The zero-order chi connectivity index (χ0) is 17.5. The molecular weight excluding hydrogens is 349 g/mol. The van der Waals surface area contributed by atoms with Gasteiger partial charge in [-0.05, 0) is 24.6 Å². The SMILES string of the molecule is CCCCOC(=O)C1=CN(CC(=O)c2ccc(Cl)cc2Cl)C=CC1. The molecule has 0 saturated heterocycles. The number of ether oxygens (including phenoxy) is 1. The van der Waals surface area contributed by atoms with Crippen molar-refractivity contribution in [2.75, 3.05) is 13.2 Å². The van der Waals surface area contributed by atoms with Gasteiger partial charge in [0.2, 0.25) is 0 Å². The predicted molar refractivity (Wildman–Crippen MR) is 95.2 cm³/mol. The minimum Gasteiger partial charge on any atom is -0.462 e. The van der Waals surface area contributed by atoms with Crippen LogP contribution in [0, 0.1) is 0 Å². The predicted octanol–water partition coefficient (Wildman–Crippen LogP) is 4.62. The first-order chi connectivity index (χ1) is 11.5. The van der Waals surface area contributed by atoms with Crippen LogP contribution in [-0.4, -0.2) is 29.8 Å². The standard InChI is InChI=1S/C18H19Cl2NO3/c1-2-3-9-24-18(23)13-5-4-8-21(11-13)12-17(22)15-7-6-14(19)10-16(15)20/h4,6-8,10-11H,2-3,5,9,12H2,1H3. The molecule has 24 heavy (non-hydrogen) atoms. The maximum absolute atomic E-state index is 12.4. The minimum atomic E-state index is -0.338. The fraction of sp³-hybridized carbons (Fsp3) is 0.333. The highest BCUT2D eigenvalue weighted by Crippen LogP contribution is 2.22. The monoisotopic (exact) mass is 367 g/mol. The van der Waals surface area contributed by atoms with Crippen LogP contribution in [0.2, 0.25) is 10.0 Å². The summed E-state index contributed by atoms with van der Waals surface area (Å²) < 4.78 is 5.20. The molecule has 4 nitrogen and oxygen atoms in total. The van der Waals surface area contributed by atoms with Crippen molar-refractivity contribution < 1.29 is 14.3 Å². The van der Waals surface area contributed by atoms with Gasteiger partial charge in [0.1, 0.15) is 0 Å². The van der Waals surface area contributed by atoms with E-state index in [9.17, 15) is 9.59 Å². The van der Waals surface area contributed by atoms with Crippen LogP contribution in [0.1, 0.15) is 36.5 Å². The maximum Gasteiger partial charge on any atom is 0.335 e. The quantitative estimate of drug-likeness (QED) is 0.400. The van der Waals surface area contributed by atoms with E-state index < -0.39 is 0 Å². The van der Waals surface area contributed by atoms with Crippen LogP contribution >= 0.6 is 23.2 Å². The molecule has 0 atom stereocenters. The number of Topliss-reactive ketones (excluding diaryl/α,β-unsaturated/α-hetero) is 1. The van der Waals surface area contributed by atoms with E-state index in [2.05, 4.69) is 0 Å². The second kappa shape index (κ2) is 8.90. The average Bonchev–Trinajstić information content (AvgIpc) is 2.55. The Morgan fingerprint density at radius 2 is 2.08 bits per heavy atom. The zero-order valence-corrected chi connectivity index (χ0v) is 14.9. The number of ketones is 1. The Morgan fingerprint density at radius 1 is 1.29 bits per heavy atom. The van der Waals surface area contributed by atoms with Crippen molar-refractivity contribution >= 4 is 35.0 Å². The van der Waals surface area contributed by atoms with Gasteiger partial charge in [0, 0.05) is 29.4 Å². The smallest absolute Gasteiger partial charge is 0.335 e. The number of carbonyl (C=O) groups is 2. The summed E-state index contributed by atoms with van der Waals surface area (Å²) in [6, 6.07) is 4.76. The van der Waals surface area contributed by atoms with Gasteiger partial charge in [-0.15, -0.1) is 0 Å². The molecule has 0 saturated carbocycles. The molecular formula is C18H19Cl2NO3. The van der Waals surface area contributed by atoms with Crippen molar-refractivity contribution in [3.8, 4) is 0 Å². The third-order valence-corrected chi connectivity index (χ3v) is 4.06. The Morgan fingerprint density at radius 3 is 2.79 bits per heavy atom. The van der Waals surface area contributed by atoms with Crippen molar-refractivity contribution in [3.63, 3.8) is 0 Å². The molecule has 0 spiro atoms. The Hall–Kier alpha value is -1.78. The number of hydrogen-bond acceptors (Lipinski definition) is 4. The van der Waals surface area contributed by atoms with E-state index in [4.69, 9.17) is 27.9 Å². The summed E-state index contributed by atoms with van der Waals surface area (Å²) >= 11 is 11.9. The number of esters is 1. The van der Waals surface area contributed by atoms with E-state index >= 15 is 0 Å². The minimum absolute atomic E-state index is 0.0869. The molecule has 6 heteroatoms. The van der Waals surface area contributed by atoms with Crippen LogP contribution in [0.15, 0.2) is 42.2 Å². The number of nitrogens with zero attached hydrogens (tertiary/aromatic N) is 1. The molecule has 1 aliphatic rings. The first-order valence-electron chi connectivity index (χ1n) is 7.79. The average molecular weight is 368 g/mol. The molecule has 128 valence electrons. The Labute approximate surface area is 151 Å². The number of allylic oxidation sites excluding steroid dienone is 1. The normalized spacial score (nSPS) is 13.6. The third kappa shape index (κ3) is 5.11. The van der Waals surface area contributed by atoms with E-state index in [-0.39, 0.29) is 18.3 Å². The number of carbonyl (C=O) groups excluding carboxylic acids is 2. The van der Waals surface area contributed by atoms with Crippen molar-refractivity contribution in [2.24, 2.45) is 0 Å². The van der Waals surface area contributed by atoms with Crippen molar-refractivity contribution in [2.45, 2.75) is 26.2 Å². The summed E-state index contributed by atoms with van der Waals surface area (Å²) in [6.07, 6.45) is 7.55. The summed E-state index contributed by atoms with van der Waals surface area (Å²) in [5.74, 6) is -0.493. The molecule has 1 heterocycles. The fourth-order valence-electron chi connectivity index (χ4n) is 2.21. The van der Waals surface area contributed by atoms with Gasteiger partial charge < -0.3 is 9.64 Å². The molecule has 2 rings (SSSR count). The van der Waals surface area contributed by atoms with Crippen LogP contribution in [-0.2, 0) is 9.53 Å². The molecule has 0 unspecified atom stereocenters. The molecule has 0 bridgehead atoms. The van der Waals surface area contributed by atoms with Gasteiger partial charge in [-0.25, -0.2) is 4.79 Å². The molecule has 0 N–H and O–H groups in total. The molecule has 0 aromatic heterocycles. The lowest BCUT2D eigenvalue weighted by Gasteiger charge is -2.20.